The molecule has 0 saturated heterocycles. The minimum absolute atomic E-state index is 0.124. The van der Waals surface area contributed by atoms with Crippen molar-refractivity contribution in [3.05, 3.63) is 34.4 Å². The smallest absolute Gasteiger partial charge is 0.270 e. The van der Waals surface area contributed by atoms with E-state index in [4.69, 9.17) is 0 Å². The Hall–Kier alpha value is -1.11. The van der Waals surface area contributed by atoms with Crippen molar-refractivity contribution in [1.82, 2.24) is 7.76 Å². The maximum absolute atomic E-state index is 11.7. The number of nitrogens with zero attached hydrogens (tertiary/aromatic N) is 2. The van der Waals surface area contributed by atoms with Crippen LogP contribution in [0.4, 0.5) is 0 Å². The number of aryl methyl sites for hydroxylation is 1. The lowest BCUT2D eigenvalue weighted by molar-refractivity contribution is 0.472. The van der Waals surface area contributed by atoms with Crippen LogP contribution in [-0.2, 0) is 0 Å². The van der Waals surface area contributed by atoms with Crippen LogP contribution in [-0.4, -0.2) is 12.9 Å². The van der Waals surface area contributed by atoms with Crippen LogP contribution in [0.25, 0.3) is 10.9 Å². The number of hydrogen-bond acceptors (Lipinski definition) is 3. The molecule has 0 spiro atoms. The Bertz CT molecular complexity index is 557. The zero-order chi connectivity index (χ0) is 10.3. The lowest BCUT2D eigenvalue weighted by atomic mass is 10.1. The summed E-state index contributed by atoms with van der Waals surface area (Å²) >= 11 is 1.86. The monoisotopic (exact) mass is 302 g/mol. The Morgan fingerprint density at radius 3 is 2.93 bits per heavy atom. The first-order valence-electron chi connectivity index (χ1n) is 3.97. The molecule has 1 heterocycles. The predicted molar refractivity (Wildman–Crippen MR) is 61.8 cm³/mol. The molecular weight excluding hydrogens is 295 g/mol. The molecule has 0 bridgehead atoms. The Kier molecular flexibility index (Phi) is 2.18. The zero-order valence-corrected chi connectivity index (χ0v) is 9.52. The Morgan fingerprint density at radius 1 is 1.50 bits per heavy atom. The number of aromatic hydroxyl groups is 1. The summed E-state index contributed by atoms with van der Waals surface area (Å²) in [7, 11) is 0. The van der Waals surface area contributed by atoms with Gasteiger partial charge in [-0.25, -0.2) is 7.76 Å². The van der Waals surface area contributed by atoms with Crippen LogP contribution < -0.4 is 5.56 Å². The molecule has 72 valence electrons. The average Bonchev–Trinajstić information content (AvgIpc) is 2.17. The minimum Gasteiger partial charge on any atom is -0.508 e. The SMILES string of the molecule is Cc1c(O)ccc2ncn(I)c(=O)c12. The molecule has 0 saturated carbocycles. The summed E-state index contributed by atoms with van der Waals surface area (Å²) in [5.74, 6) is 0.124. The maximum Gasteiger partial charge on any atom is 0.270 e. The topological polar surface area (TPSA) is 55.1 Å². The minimum atomic E-state index is -0.149. The van der Waals surface area contributed by atoms with Gasteiger partial charge in [0.05, 0.1) is 33.8 Å². The normalized spacial score (nSPS) is 10.7. The van der Waals surface area contributed by atoms with Crippen LogP contribution in [0.1, 0.15) is 5.56 Å². The van der Waals surface area contributed by atoms with E-state index in [1.165, 1.54) is 9.11 Å². The highest BCUT2D eigenvalue weighted by atomic mass is 127. The van der Waals surface area contributed by atoms with Crippen molar-refractivity contribution in [2.24, 2.45) is 0 Å². The lowest BCUT2D eigenvalue weighted by Gasteiger charge is -2.03. The second kappa shape index (κ2) is 3.23. The van der Waals surface area contributed by atoms with Crippen molar-refractivity contribution in [3.63, 3.8) is 0 Å². The number of aromatic nitrogens is 2. The third kappa shape index (κ3) is 1.28. The summed E-state index contributed by atoms with van der Waals surface area (Å²) < 4.78 is 1.37. The lowest BCUT2D eigenvalue weighted by Crippen LogP contribution is -2.13. The number of hydrogen-bond donors (Lipinski definition) is 1. The largest absolute Gasteiger partial charge is 0.508 e. The predicted octanol–water partition coefficient (Wildman–Crippen LogP) is 1.61. The van der Waals surface area contributed by atoms with Gasteiger partial charge >= 0.3 is 0 Å². The number of fused-ring (bicyclic) bond motifs is 1. The van der Waals surface area contributed by atoms with Crippen molar-refractivity contribution in [2.75, 3.05) is 0 Å². The number of phenols is 1. The summed E-state index contributed by atoms with van der Waals surface area (Å²) in [4.78, 5) is 15.8. The van der Waals surface area contributed by atoms with E-state index >= 15 is 0 Å². The second-order valence-corrected chi connectivity index (χ2v) is 4.00. The third-order valence-electron chi connectivity index (χ3n) is 2.12. The van der Waals surface area contributed by atoms with E-state index in [0.717, 1.165) is 0 Å². The van der Waals surface area contributed by atoms with Crippen LogP contribution in [0.3, 0.4) is 0 Å². The fourth-order valence-electron chi connectivity index (χ4n) is 1.34. The first-order chi connectivity index (χ1) is 6.61. The summed E-state index contributed by atoms with van der Waals surface area (Å²) in [5.41, 5.74) is 1.04. The van der Waals surface area contributed by atoms with E-state index in [1.807, 2.05) is 22.9 Å². The molecule has 0 aliphatic carbocycles. The van der Waals surface area contributed by atoms with Crippen LogP contribution >= 0.6 is 22.9 Å². The highest BCUT2D eigenvalue weighted by molar-refractivity contribution is 14.1. The van der Waals surface area contributed by atoms with E-state index in [2.05, 4.69) is 4.98 Å². The van der Waals surface area contributed by atoms with E-state index in [-0.39, 0.29) is 11.3 Å². The summed E-state index contributed by atoms with van der Waals surface area (Å²) in [6.07, 6.45) is 1.46. The molecule has 0 radical (unpaired) electrons. The standard InChI is InChI=1S/C9H7IN2O2/c1-5-7(13)3-2-6-8(5)9(14)12(10)4-11-6/h2-4,13H,1H3. The van der Waals surface area contributed by atoms with Crippen LogP contribution in [0.15, 0.2) is 23.3 Å². The average molecular weight is 302 g/mol. The Morgan fingerprint density at radius 2 is 2.21 bits per heavy atom. The number of benzene rings is 1. The maximum atomic E-state index is 11.7. The Balaban J connectivity index is 3.06. The summed E-state index contributed by atoms with van der Waals surface area (Å²) in [6.45, 7) is 1.71. The van der Waals surface area contributed by atoms with Gasteiger partial charge in [0, 0.05) is 5.56 Å². The molecule has 0 amide bonds. The molecule has 2 aromatic rings. The van der Waals surface area contributed by atoms with Crippen molar-refractivity contribution >= 4 is 33.8 Å². The van der Waals surface area contributed by atoms with E-state index in [0.29, 0.717) is 16.5 Å². The van der Waals surface area contributed by atoms with Crippen molar-refractivity contribution in [1.29, 1.82) is 0 Å². The third-order valence-corrected chi connectivity index (χ3v) is 2.81. The van der Waals surface area contributed by atoms with Gasteiger partial charge in [-0.2, -0.15) is 0 Å². The summed E-state index contributed by atoms with van der Waals surface area (Å²) in [5, 5.41) is 9.93. The van der Waals surface area contributed by atoms with Gasteiger partial charge in [-0.05, 0) is 19.1 Å². The van der Waals surface area contributed by atoms with Crippen LogP contribution in [0, 0.1) is 6.92 Å². The molecule has 4 nitrogen and oxygen atoms in total. The molecule has 0 atom stereocenters. The highest BCUT2D eigenvalue weighted by Gasteiger charge is 2.08. The fraction of sp³-hybridized carbons (Fsp3) is 0.111. The molecule has 2 rings (SSSR count). The molecule has 0 unspecified atom stereocenters. The van der Waals surface area contributed by atoms with Gasteiger partial charge in [0.25, 0.3) is 5.56 Å². The van der Waals surface area contributed by atoms with Gasteiger partial charge in [0.15, 0.2) is 0 Å². The van der Waals surface area contributed by atoms with Crippen molar-refractivity contribution in [2.45, 2.75) is 6.92 Å². The molecule has 0 aliphatic heterocycles. The highest BCUT2D eigenvalue weighted by Crippen LogP contribution is 2.21. The van der Waals surface area contributed by atoms with Gasteiger partial charge < -0.3 is 5.11 Å². The molecule has 0 fully saturated rings. The van der Waals surface area contributed by atoms with Gasteiger partial charge in [-0.3, -0.25) is 4.79 Å². The zero-order valence-electron chi connectivity index (χ0n) is 7.36. The molecule has 1 aromatic heterocycles. The molecule has 1 aromatic carbocycles. The second-order valence-electron chi connectivity index (χ2n) is 2.96. The van der Waals surface area contributed by atoms with Gasteiger partial charge in [0.1, 0.15) is 12.1 Å². The molecule has 5 heteroatoms. The van der Waals surface area contributed by atoms with E-state index in [9.17, 15) is 9.90 Å². The molecule has 0 aliphatic rings. The van der Waals surface area contributed by atoms with Crippen molar-refractivity contribution in [3.8, 4) is 5.75 Å². The molecule has 1 N–H and O–H groups in total. The Labute approximate surface area is 93.7 Å². The summed E-state index contributed by atoms with van der Waals surface area (Å²) in [6, 6.07) is 3.18. The molecule has 14 heavy (non-hydrogen) atoms. The van der Waals surface area contributed by atoms with Gasteiger partial charge in [-0.15, -0.1) is 0 Å². The van der Waals surface area contributed by atoms with E-state index in [1.54, 1.807) is 19.1 Å². The first kappa shape index (κ1) is 9.45. The van der Waals surface area contributed by atoms with Crippen LogP contribution in [0.5, 0.6) is 5.75 Å². The van der Waals surface area contributed by atoms with Gasteiger partial charge in [-0.1, -0.05) is 0 Å². The van der Waals surface area contributed by atoms with E-state index < -0.39 is 0 Å². The van der Waals surface area contributed by atoms with Gasteiger partial charge in [0.2, 0.25) is 0 Å². The van der Waals surface area contributed by atoms with Crippen LogP contribution in [0.2, 0.25) is 0 Å². The fourth-order valence-corrected chi connectivity index (χ4v) is 1.70. The van der Waals surface area contributed by atoms with Crippen molar-refractivity contribution < 1.29 is 5.11 Å². The number of phenolic OH excluding ortho intramolecular Hbond substituents is 1. The first-order valence-corrected chi connectivity index (χ1v) is 4.94. The number of rotatable bonds is 0. The quantitative estimate of drug-likeness (QED) is 0.752. The number of halogens is 1. The molecular formula is C9H7IN2O2.